The van der Waals surface area contributed by atoms with E-state index < -0.39 is 0 Å². The van der Waals surface area contributed by atoms with Gasteiger partial charge in [0, 0.05) is 43.2 Å². The monoisotopic (exact) mass is 454 g/mol. The zero-order valence-electron chi connectivity index (χ0n) is 18.2. The van der Waals surface area contributed by atoms with Gasteiger partial charge in [-0.05, 0) is 54.8 Å². The molecule has 0 N–H and O–H groups in total. The third-order valence-electron chi connectivity index (χ3n) is 5.66. The predicted octanol–water partition coefficient (Wildman–Crippen LogP) is 4.07. The third-order valence-corrected chi connectivity index (χ3v) is 5.91. The van der Waals surface area contributed by atoms with Crippen LogP contribution in [0.2, 0.25) is 5.02 Å². The molecule has 4 rings (SSSR count). The normalized spacial score (nSPS) is 14.9. The van der Waals surface area contributed by atoms with Crippen LogP contribution in [0.4, 0.5) is 0 Å². The smallest absolute Gasteiger partial charge is 0.241 e. The molecule has 2 aromatic carbocycles. The van der Waals surface area contributed by atoms with E-state index >= 15 is 0 Å². The highest BCUT2D eigenvalue weighted by Crippen LogP contribution is 2.19. The van der Waals surface area contributed by atoms with Crippen molar-refractivity contribution in [1.82, 2.24) is 19.9 Å². The lowest BCUT2D eigenvalue weighted by Gasteiger charge is -2.21. The number of rotatable bonds is 7. The number of ether oxygens (including phenoxy) is 1. The Balaban J connectivity index is 1.26. The SMILES string of the molecule is COc1ccc(CCC(=O)N2CCCN(Cc3nc(-c4ccc(Cl)cc4)no3)CC2)cc1. The number of amides is 1. The van der Waals surface area contributed by atoms with Crippen molar-refractivity contribution < 1.29 is 14.1 Å². The highest BCUT2D eigenvalue weighted by Gasteiger charge is 2.21. The molecule has 0 saturated carbocycles. The van der Waals surface area contributed by atoms with Gasteiger partial charge in [0.2, 0.25) is 17.6 Å². The Morgan fingerprint density at radius 2 is 1.84 bits per heavy atom. The van der Waals surface area contributed by atoms with Crippen molar-refractivity contribution in [3.63, 3.8) is 0 Å². The maximum atomic E-state index is 12.7. The van der Waals surface area contributed by atoms with Crippen molar-refractivity contribution in [2.24, 2.45) is 0 Å². The molecule has 8 heteroatoms. The second-order valence-electron chi connectivity index (χ2n) is 7.88. The fourth-order valence-electron chi connectivity index (χ4n) is 3.81. The third kappa shape index (κ3) is 5.87. The first kappa shape index (κ1) is 22.3. The quantitative estimate of drug-likeness (QED) is 0.536. The summed E-state index contributed by atoms with van der Waals surface area (Å²) in [4.78, 5) is 21.5. The van der Waals surface area contributed by atoms with Crippen LogP contribution >= 0.6 is 11.6 Å². The molecule has 0 bridgehead atoms. The van der Waals surface area contributed by atoms with Crippen LogP contribution in [0, 0.1) is 0 Å². The lowest BCUT2D eigenvalue weighted by molar-refractivity contribution is -0.131. The number of carbonyl (C=O) groups excluding carboxylic acids is 1. The van der Waals surface area contributed by atoms with E-state index in [4.69, 9.17) is 20.9 Å². The molecule has 1 aromatic heterocycles. The van der Waals surface area contributed by atoms with Crippen LogP contribution in [-0.4, -0.2) is 59.1 Å². The summed E-state index contributed by atoms with van der Waals surface area (Å²) in [6, 6.07) is 15.2. The van der Waals surface area contributed by atoms with E-state index in [1.54, 1.807) is 7.11 Å². The van der Waals surface area contributed by atoms with Crippen molar-refractivity contribution in [3.05, 3.63) is 65.0 Å². The predicted molar refractivity (Wildman–Crippen MR) is 123 cm³/mol. The van der Waals surface area contributed by atoms with Crippen molar-refractivity contribution in [3.8, 4) is 17.1 Å². The summed E-state index contributed by atoms with van der Waals surface area (Å²) in [7, 11) is 1.65. The molecule has 0 unspecified atom stereocenters. The molecule has 1 amide bonds. The Kier molecular flexibility index (Phi) is 7.39. The van der Waals surface area contributed by atoms with E-state index in [9.17, 15) is 4.79 Å². The molecule has 0 radical (unpaired) electrons. The fraction of sp³-hybridized carbons (Fsp3) is 0.375. The van der Waals surface area contributed by atoms with Gasteiger partial charge in [-0.25, -0.2) is 0 Å². The number of hydrogen-bond donors (Lipinski definition) is 0. The number of nitrogens with zero attached hydrogens (tertiary/aromatic N) is 4. The second-order valence-corrected chi connectivity index (χ2v) is 8.31. The van der Waals surface area contributed by atoms with Crippen LogP contribution in [0.1, 0.15) is 24.3 Å². The second kappa shape index (κ2) is 10.6. The molecule has 1 fully saturated rings. The van der Waals surface area contributed by atoms with Crippen LogP contribution < -0.4 is 4.74 Å². The number of benzene rings is 2. The van der Waals surface area contributed by atoms with E-state index in [1.807, 2.05) is 53.4 Å². The van der Waals surface area contributed by atoms with E-state index in [1.165, 1.54) is 0 Å². The first-order chi connectivity index (χ1) is 15.6. The van der Waals surface area contributed by atoms with Gasteiger partial charge in [-0.15, -0.1) is 0 Å². The molecule has 0 aliphatic carbocycles. The zero-order valence-corrected chi connectivity index (χ0v) is 18.9. The summed E-state index contributed by atoms with van der Waals surface area (Å²) in [6.45, 7) is 3.74. The van der Waals surface area contributed by atoms with Gasteiger partial charge in [0.15, 0.2) is 0 Å². The average Bonchev–Trinajstić information content (AvgIpc) is 3.15. The van der Waals surface area contributed by atoms with Crippen LogP contribution in [0.15, 0.2) is 53.1 Å². The molecule has 32 heavy (non-hydrogen) atoms. The number of aryl methyl sites for hydroxylation is 1. The molecular weight excluding hydrogens is 428 g/mol. The van der Waals surface area contributed by atoms with Crippen molar-refractivity contribution in [2.45, 2.75) is 25.8 Å². The molecule has 3 aromatic rings. The molecule has 0 atom stereocenters. The lowest BCUT2D eigenvalue weighted by Crippen LogP contribution is -2.35. The Morgan fingerprint density at radius 3 is 2.59 bits per heavy atom. The van der Waals surface area contributed by atoms with Gasteiger partial charge in [0.05, 0.1) is 13.7 Å². The molecule has 1 aliphatic rings. The topological polar surface area (TPSA) is 71.7 Å². The zero-order chi connectivity index (χ0) is 22.3. The van der Waals surface area contributed by atoms with Gasteiger partial charge < -0.3 is 14.2 Å². The number of halogens is 1. The number of methoxy groups -OCH3 is 1. The summed E-state index contributed by atoms with van der Waals surface area (Å²) >= 11 is 5.94. The maximum absolute atomic E-state index is 12.7. The van der Waals surface area contributed by atoms with E-state index in [2.05, 4.69) is 15.0 Å². The highest BCUT2D eigenvalue weighted by atomic mass is 35.5. The summed E-state index contributed by atoms with van der Waals surface area (Å²) in [6.07, 6.45) is 2.17. The summed E-state index contributed by atoms with van der Waals surface area (Å²) in [5.74, 6) is 2.16. The molecular formula is C24H27ClN4O3. The van der Waals surface area contributed by atoms with Gasteiger partial charge >= 0.3 is 0 Å². The molecule has 168 valence electrons. The van der Waals surface area contributed by atoms with Crippen molar-refractivity contribution in [2.75, 3.05) is 33.3 Å². The Labute approximate surface area is 192 Å². The fourth-order valence-corrected chi connectivity index (χ4v) is 3.93. The van der Waals surface area contributed by atoms with Crippen LogP contribution in [0.3, 0.4) is 0 Å². The summed E-state index contributed by atoms with van der Waals surface area (Å²) in [5, 5.41) is 4.76. The van der Waals surface area contributed by atoms with Gasteiger partial charge in [-0.1, -0.05) is 28.9 Å². The van der Waals surface area contributed by atoms with E-state index in [-0.39, 0.29) is 5.91 Å². The Hall–Kier alpha value is -2.90. The summed E-state index contributed by atoms with van der Waals surface area (Å²) in [5.41, 5.74) is 2.01. The van der Waals surface area contributed by atoms with Gasteiger partial charge in [-0.3, -0.25) is 9.69 Å². The lowest BCUT2D eigenvalue weighted by atomic mass is 10.1. The number of hydrogen-bond acceptors (Lipinski definition) is 6. The molecule has 0 spiro atoms. The van der Waals surface area contributed by atoms with E-state index in [0.29, 0.717) is 36.2 Å². The first-order valence-electron chi connectivity index (χ1n) is 10.8. The van der Waals surface area contributed by atoms with Crippen molar-refractivity contribution in [1.29, 1.82) is 0 Å². The standard InChI is InChI=1S/C24H27ClN4O3/c1-31-21-10-3-18(4-11-21)5-12-23(30)29-14-2-13-28(15-16-29)17-22-26-24(27-32-22)19-6-8-20(25)9-7-19/h3-4,6-11H,2,5,12-17H2,1H3. The number of aromatic nitrogens is 2. The Morgan fingerprint density at radius 1 is 1.06 bits per heavy atom. The minimum atomic E-state index is 0.200. The van der Waals surface area contributed by atoms with Crippen LogP contribution in [0.5, 0.6) is 5.75 Å². The summed E-state index contributed by atoms with van der Waals surface area (Å²) < 4.78 is 10.6. The van der Waals surface area contributed by atoms with E-state index in [0.717, 1.165) is 49.4 Å². The first-order valence-corrected chi connectivity index (χ1v) is 11.2. The molecule has 2 heterocycles. The average molecular weight is 455 g/mol. The highest BCUT2D eigenvalue weighted by molar-refractivity contribution is 6.30. The minimum Gasteiger partial charge on any atom is -0.497 e. The minimum absolute atomic E-state index is 0.200. The maximum Gasteiger partial charge on any atom is 0.241 e. The van der Waals surface area contributed by atoms with Gasteiger partial charge in [-0.2, -0.15) is 4.98 Å². The van der Waals surface area contributed by atoms with Crippen LogP contribution in [-0.2, 0) is 17.8 Å². The molecule has 1 saturated heterocycles. The van der Waals surface area contributed by atoms with Gasteiger partial charge in [0.1, 0.15) is 5.75 Å². The molecule has 1 aliphatic heterocycles. The van der Waals surface area contributed by atoms with Crippen LogP contribution in [0.25, 0.3) is 11.4 Å². The van der Waals surface area contributed by atoms with Crippen molar-refractivity contribution >= 4 is 17.5 Å². The molecule has 7 nitrogen and oxygen atoms in total. The Bertz CT molecular complexity index is 1020. The van der Waals surface area contributed by atoms with Gasteiger partial charge in [0.25, 0.3) is 0 Å². The number of carbonyl (C=O) groups is 1. The largest absolute Gasteiger partial charge is 0.497 e.